The third-order valence-electron chi connectivity index (χ3n) is 5.23. The maximum Gasteiger partial charge on any atom is 0.409 e. The lowest BCUT2D eigenvalue weighted by Gasteiger charge is -2.28. The summed E-state index contributed by atoms with van der Waals surface area (Å²) in [6.45, 7) is 2.16. The van der Waals surface area contributed by atoms with Crippen LogP contribution in [0.5, 0.6) is 0 Å². The number of aliphatic hydroxyl groups excluding tert-OH is 1. The third kappa shape index (κ3) is 7.15. The van der Waals surface area contributed by atoms with Crippen LogP contribution in [0.1, 0.15) is 25.8 Å². The highest BCUT2D eigenvalue weighted by atomic mass is 19.1. The van der Waals surface area contributed by atoms with Crippen LogP contribution in [0.15, 0.2) is 60.4 Å². The van der Waals surface area contributed by atoms with Crippen molar-refractivity contribution in [2.24, 2.45) is 11.1 Å². The van der Waals surface area contributed by atoms with Crippen molar-refractivity contribution in [1.29, 1.82) is 0 Å². The number of carboxylic acid groups (broad SMARTS) is 1. The van der Waals surface area contributed by atoms with Crippen LogP contribution in [-0.2, 0) is 20.7 Å². The zero-order valence-corrected chi connectivity index (χ0v) is 18.4. The van der Waals surface area contributed by atoms with Gasteiger partial charge >= 0.3 is 12.1 Å². The molecular weight excluding hydrogens is 431 g/mol. The van der Waals surface area contributed by atoms with Crippen molar-refractivity contribution in [3.63, 3.8) is 0 Å². The minimum absolute atomic E-state index is 0.0507. The van der Waals surface area contributed by atoms with E-state index in [1.807, 2.05) is 0 Å². The number of aliphatic hydroxyl groups is 1. The highest BCUT2D eigenvalue weighted by Crippen LogP contribution is 2.26. The molecule has 0 saturated heterocycles. The van der Waals surface area contributed by atoms with E-state index in [1.165, 1.54) is 19.9 Å². The highest BCUT2D eigenvalue weighted by Gasteiger charge is 2.36. The second kappa shape index (κ2) is 11.2. The number of carbonyl (C=O) groups excluding carboxylic acids is 2. The number of nitrogens with one attached hydrogen (secondary N) is 1. The number of halogens is 1. The second-order valence-electron chi connectivity index (χ2n) is 8.02. The van der Waals surface area contributed by atoms with Gasteiger partial charge in [-0.15, -0.1) is 0 Å². The molecule has 0 fully saturated rings. The van der Waals surface area contributed by atoms with E-state index in [4.69, 9.17) is 5.73 Å². The summed E-state index contributed by atoms with van der Waals surface area (Å²) in [6, 6.07) is 12.7. The molecule has 0 aliphatic rings. The van der Waals surface area contributed by atoms with E-state index < -0.39 is 36.0 Å². The van der Waals surface area contributed by atoms with Crippen LogP contribution in [0.2, 0.25) is 0 Å². The molecule has 2 aromatic rings. The van der Waals surface area contributed by atoms with Crippen LogP contribution in [0, 0.1) is 11.2 Å². The molecule has 0 heterocycles. The zero-order valence-electron chi connectivity index (χ0n) is 18.4. The molecule has 5 N–H and O–H groups in total. The van der Waals surface area contributed by atoms with Crippen molar-refractivity contribution >= 4 is 18.0 Å². The normalized spacial score (nSPS) is 14.1. The van der Waals surface area contributed by atoms with Crippen LogP contribution in [0.3, 0.4) is 0 Å². The highest BCUT2D eigenvalue weighted by molar-refractivity contribution is 5.93. The van der Waals surface area contributed by atoms with Crippen LogP contribution < -0.4 is 11.1 Å². The fourth-order valence-corrected chi connectivity index (χ4v) is 3.24. The quantitative estimate of drug-likeness (QED) is 0.319. The Bertz CT molecular complexity index is 1040. The number of aliphatic carboxylic acids is 1. The standard InChI is InChI=1S/C24H27FN2O6/c1-15(13-33-23(26)32)21(29)27-18(12-24(2,14-28)22(30)31)11-16-7-9-17(10-8-16)19-5-3-4-6-20(19)25/h3-10,13,18,28H,11-12,14H2,1-2H3,(H2,26,32)(H,27,29)(H,30,31). The molecule has 2 rings (SSSR count). The summed E-state index contributed by atoms with van der Waals surface area (Å²) in [6.07, 6.45) is 0.00690. The Labute approximate surface area is 190 Å². The molecule has 9 heteroatoms. The summed E-state index contributed by atoms with van der Waals surface area (Å²) in [5, 5.41) is 21.9. The molecular formula is C24H27FN2O6. The van der Waals surface area contributed by atoms with Gasteiger partial charge in [-0.1, -0.05) is 42.5 Å². The number of hydrogen-bond acceptors (Lipinski definition) is 5. The number of benzene rings is 2. The summed E-state index contributed by atoms with van der Waals surface area (Å²) in [5.41, 5.74) is 5.33. The van der Waals surface area contributed by atoms with Crippen molar-refractivity contribution in [3.8, 4) is 11.1 Å². The van der Waals surface area contributed by atoms with Gasteiger partial charge in [0.1, 0.15) is 12.1 Å². The lowest BCUT2D eigenvalue weighted by molar-refractivity contribution is -0.151. The first-order chi connectivity index (χ1) is 15.6. The third-order valence-corrected chi connectivity index (χ3v) is 5.23. The number of hydrogen-bond donors (Lipinski definition) is 4. The van der Waals surface area contributed by atoms with Crippen LogP contribution >= 0.6 is 0 Å². The number of ether oxygens (including phenoxy) is 1. The average molecular weight is 458 g/mol. The predicted molar refractivity (Wildman–Crippen MR) is 119 cm³/mol. The van der Waals surface area contributed by atoms with Gasteiger partial charge in [-0.25, -0.2) is 9.18 Å². The Morgan fingerprint density at radius 1 is 1.18 bits per heavy atom. The lowest BCUT2D eigenvalue weighted by Crippen LogP contribution is -2.44. The van der Waals surface area contributed by atoms with Gasteiger partial charge in [-0.05, 0) is 43.9 Å². The van der Waals surface area contributed by atoms with Crippen molar-refractivity contribution < 1.29 is 33.7 Å². The van der Waals surface area contributed by atoms with Gasteiger partial charge in [0.15, 0.2) is 0 Å². The van der Waals surface area contributed by atoms with Crippen molar-refractivity contribution in [1.82, 2.24) is 5.32 Å². The molecule has 33 heavy (non-hydrogen) atoms. The lowest BCUT2D eigenvalue weighted by atomic mass is 9.82. The molecule has 0 aromatic heterocycles. The van der Waals surface area contributed by atoms with Gasteiger partial charge < -0.3 is 26.0 Å². The Balaban J connectivity index is 2.25. The molecule has 176 valence electrons. The van der Waals surface area contributed by atoms with E-state index in [0.717, 1.165) is 11.8 Å². The average Bonchev–Trinajstić information content (AvgIpc) is 2.78. The molecule has 0 aliphatic carbocycles. The number of carboxylic acids is 1. The first-order valence-corrected chi connectivity index (χ1v) is 10.2. The van der Waals surface area contributed by atoms with E-state index in [9.17, 15) is 29.0 Å². The Morgan fingerprint density at radius 3 is 2.36 bits per heavy atom. The summed E-state index contributed by atoms with van der Waals surface area (Å²) < 4.78 is 18.5. The van der Waals surface area contributed by atoms with Gasteiger partial charge in [-0.2, -0.15) is 0 Å². The SMILES string of the molecule is CC(=COC(N)=O)C(=O)NC(Cc1ccc(-c2ccccc2F)cc1)CC(C)(CO)C(=O)O. The predicted octanol–water partition coefficient (Wildman–Crippen LogP) is 2.99. The molecule has 2 atom stereocenters. The number of rotatable bonds is 10. The summed E-state index contributed by atoms with van der Waals surface area (Å²) >= 11 is 0. The number of amides is 2. The van der Waals surface area contributed by atoms with Crippen molar-refractivity contribution in [2.75, 3.05) is 6.61 Å². The minimum Gasteiger partial charge on any atom is -0.481 e. The molecule has 0 radical (unpaired) electrons. The largest absolute Gasteiger partial charge is 0.481 e. The van der Waals surface area contributed by atoms with Gasteiger partial charge in [-0.3, -0.25) is 9.59 Å². The Hall–Kier alpha value is -3.72. The number of nitrogens with two attached hydrogens (primary N) is 1. The van der Waals surface area contributed by atoms with Crippen molar-refractivity contribution in [2.45, 2.75) is 32.7 Å². The van der Waals surface area contributed by atoms with E-state index >= 15 is 0 Å². The van der Waals surface area contributed by atoms with Crippen molar-refractivity contribution in [3.05, 3.63) is 71.7 Å². The number of carbonyl (C=O) groups is 3. The fraction of sp³-hybridized carbons (Fsp3) is 0.292. The van der Waals surface area contributed by atoms with Crippen LogP contribution in [-0.4, -0.2) is 40.8 Å². The van der Waals surface area contributed by atoms with Crippen LogP contribution in [0.4, 0.5) is 9.18 Å². The fourth-order valence-electron chi connectivity index (χ4n) is 3.24. The maximum absolute atomic E-state index is 14.0. The van der Waals surface area contributed by atoms with E-state index in [1.54, 1.807) is 42.5 Å². The second-order valence-corrected chi connectivity index (χ2v) is 8.02. The van der Waals surface area contributed by atoms with Crippen LogP contribution in [0.25, 0.3) is 11.1 Å². The number of primary amides is 1. The topological polar surface area (TPSA) is 139 Å². The monoisotopic (exact) mass is 458 g/mol. The van der Waals surface area contributed by atoms with E-state index in [-0.39, 0.29) is 24.2 Å². The molecule has 0 saturated carbocycles. The Morgan fingerprint density at radius 2 is 1.82 bits per heavy atom. The van der Waals surface area contributed by atoms with Gasteiger partial charge in [0.05, 0.1) is 12.0 Å². The molecule has 0 spiro atoms. The van der Waals surface area contributed by atoms with Gasteiger partial charge in [0.25, 0.3) is 0 Å². The summed E-state index contributed by atoms with van der Waals surface area (Å²) in [4.78, 5) is 34.9. The molecule has 0 bridgehead atoms. The zero-order chi connectivity index (χ0) is 24.6. The van der Waals surface area contributed by atoms with Gasteiger partial charge in [0, 0.05) is 17.2 Å². The first kappa shape index (κ1) is 25.5. The van der Waals surface area contributed by atoms with E-state index in [0.29, 0.717) is 11.1 Å². The molecule has 8 nitrogen and oxygen atoms in total. The maximum atomic E-state index is 14.0. The van der Waals surface area contributed by atoms with E-state index in [2.05, 4.69) is 10.1 Å². The molecule has 2 aromatic carbocycles. The van der Waals surface area contributed by atoms with Gasteiger partial charge in [0.2, 0.25) is 5.91 Å². The molecule has 0 aliphatic heterocycles. The first-order valence-electron chi connectivity index (χ1n) is 10.2. The Kier molecular flexibility index (Phi) is 8.70. The molecule has 2 unspecified atom stereocenters. The summed E-state index contributed by atoms with van der Waals surface area (Å²) in [5.74, 6) is -2.14. The minimum atomic E-state index is -1.49. The summed E-state index contributed by atoms with van der Waals surface area (Å²) in [7, 11) is 0. The smallest absolute Gasteiger partial charge is 0.409 e. The molecule has 2 amide bonds.